The zero-order chi connectivity index (χ0) is 12.5. The Morgan fingerprint density at radius 1 is 1.35 bits per heavy atom. The molecule has 3 heteroatoms. The van der Waals surface area contributed by atoms with Crippen molar-refractivity contribution < 1.29 is 4.79 Å². The smallest absolute Gasteiger partial charge is 0.236 e. The van der Waals surface area contributed by atoms with Crippen molar-refractivity contribution in [1.29, 1.82) is 0 Å². The molecule has 1 rings (SSSR count). The van der Waals surface area contributed by atoms with Crippen LogP contribution in [-0.4, -0.2) is 18.5 Å². The topological polar surface area (TPSA) is 55.1 Å². The van der Waals surface area contributed by atoms with Crippen molar-refractivity contribution in [3.8, 4) is 0 Å². The minimum Gasteiger partial charge on any atom is -0.355 e. The first-order valence-electron chi connectivity index (χ1n) is 6.31. The predicted molar refractivity (Wildman–Crippen MR) is 70.7 cm³/mol. The van der Waals surface area contributed by atoms with Crippen molar-refractivity contribution in [2.75, 3.05) is 6.54 Å². The molecule has 3 N–H and O–H groups in total. The number of carbonyl (C=O) groups excluding carboxylic acids is 1. The third kappa shape index (κ3) is 5.50. The molecule has 0 aliphatic carbocycles. The van der Waals surface area contributed by atoms with Gasteiger partial charge in [-0.15, -0.1) is 0 Å². The highest BCUT2D eigenvalue weighted by Crippen LogP contribution is 2.01. The fraction of sp³-hybridized carbons (Fsp3) is 0.500. The summed E-state index contributed by atoms with van der Waals surface area (Å²) >= 11 is 0. The van der Waals surface area contributed by atoms with Gasteiger partial charge >= 0.3 is 0 Å². The van der Waals surface area contributed by atoms with Crippen LogP contribution in [0.3, 0.4) is 0 Å². The van der Waals surface area contributed by atoms with Gasteiger partial charge in [-0.2, -0.15) is 0 Å². The van der Waals surface area contributed by atoms with Crippen LogP contribution in [0.15, 0.2) is 30.3 Å². The molecule has 1 amide bonds. The molecule has 0 spiro atoms. The molecule has 94 valence electrons. The molecule has 17 heavy (non-hydrogen) atoms. The first-order chi connectivity index (χ1) is 8.24. The fourth-order valence-electron chi connectivity index (χ4n) is 1.72. The van der Waals surface area contributed by atoms with E-state index in [-0.39, 0.29) is 11.9 Å². The molecule has 0 saturated carbocycles. The Morgan fingerprint density at radius 3 is 2.71 bits per heavy atom. The largest absolute Gasteiger partial charge is 0.355 e. The monoisotopic (exact) mass is 234 g/mol. The van der Waals surface area contributed by atoms with E-state index in [0.29, 0.717) is 6.54 Å². The average Bonchev–Trinajstić information content (AvgIpc) is 2.36. The van der Waals surface area contributed by atoms with Crippen LogP contribution in [0.1, 0.15) is 31.7 Å². The van der Waals surface area contributed by atoms with E-state index >= 15 is 0 Å². The van der Waals surface area contributed by atoms with Crippen molar-refractivity contribution in [2.45, 2.75) is 38.6 Å². The van der Waals surface area contributed by atoms with Crippen molar-refractivity contribution in [3.63, 3.8) is 0 Å². The van der Waals surface area contributed by atoms with Crippen LogP contribution in [-0.2, 0) is 11.2 Å². The van der Waals surface area contributed by atoms with E-state index < -0.39 is 0 Å². The highest BCUT2D eigenvalue weighted by molar-refractivity contribution is 5.81. The molecular formula is C14H22N2O. The highest BCUT2D eigenvalue weighted by atomic mass is 16.2. The van der Waals surface area contributed by atoms with Gasteiger partial charge in [-0.3, -0.25) is 4.79 Å². The number of benzene rings is 1. The Labute approximate surface area is 103 Å². The van der Waals surface area contributed by atoms with Gasteiger partial charge in [0.05, 0.1) is 6.04 Å². The van der Waals surface area contributed by atoms with Gasteiger partial charge < -0.3 is 11.1 Å². The maximum atomic E-state index is 11.5. The molecule has 0 aliphatic heterocycles. The lowest BCUT2D eigenvalue weighted by Gasteiger charge is -2.10. The second kappa shape index (κ2) is 7.85. The number of hydrogen-bond acceptors (Lipinski definition) is 2. The quantitative estimate of drug-likeness (QED) is 0.708. The Balaban J connectivity index is 2.14. The van der Waals surface area contributed by atoms with Crippen LogP contribution in [0, 0.1) is 0 Å². The maximum absolute atomic E-state index is 11.5. The third-order valence-corrected chi connectivity index (χ3v) is 2.72. The van der Waals surface area contributed by atoms with Crippen molar-refractivity contribution in [3.05, 3.63) is 35.9 Å². The number of hydrogen-bond donors (Lipinski definition) is 2. The summed E-state index contributed by atoms with van der Waals surface area (Å²) in [6, 6.07) is 9.93. The molecule has 0 radical (unpaired) electrons. The second-order valence-electron chi connectivity index (χ2n) is 4.28. The molecule has 0 saturated heterocycles. The van der Waals surface area contributed by atoms with E-state index in [2.05, 4.69) is 17.4 Å². The minimum atomic E-state index is -0.350. The zero-order valence-electron chi connectivity index (χ0n) is 10.5. The molecule has 1 atom stereocenters. The van der Waals surface area contributed by atoms with Gasteiger partial charge in [-0.1, -0.05) is 43.7 Å². The first kappa shape index (κ1) is 13.7. The normalized spacial score (nSPS) is 12.1. The minimum absolute atomic E-state index is 0.0279. The zero-order valence-corrected chi connectivity index (χ0v) is 10.5. The lowest BCUT2D eigenvalue weighted by molar-refractivity contribution is -0.122. The number of nitrogens with two attached hydrogens (primary N) is 1. The van der Waals surface area contributed by atoms with E-state index in [0.717, 1.165) is 25.7 Å². The Hall–Kier alpha value is -1.35. The summed E-state index contributed by atoms with van der Waals surface area (Å²) in [5.74, 6) is -0.0279. The molecule has 3 nitrogen and oxygen atoms in total. The number of amides is 1. The molecule has 1 unspecified atom stereocenters. The summed E-state index contributed by atoms with van der Waals surface area (Å²) in [6.07, 6.45) is 3.64. The second-order valence-corrected chi connectivity index (χ2v) is 4.28. The van der Waals surface area contributed by atoms with Crippen LogP contribution in [0.2, 0.25) is 0 Å². The van der Waals surface area contributed by atoms with E-state index in [1.54, 1.807) is 0 Å². The number of rotatable bonds is 7. The lowest BCUT2D eigenvalue weighted by atomic mass is 10.1. The molecule has 0 fully saturated rings. The third-order valence-electron chi connectivity index (χ3n) is 2.72. The van der Waals surface area contributed by atoms with E-state index in [9.17, 15) is 4.79 Å². The summed E-state index contributed by atoms with van der Waals surface area (Å²) < 4.78 is 0. The highest BCUT2D eigenvalue weighted by Gasteiger charge is 2.10. The first-order valence-corrected chi connectivity index (χ1v) is 6.31. The average molecular weight is 234 g/mol. The molecule has 0 aromatic heterocycles. The van der Waals surface area contributed by atoms with Gasteiger partial charge in [0.1, 0.15) is 0 Å². The molecule has 0 aliphatic rings. The van der Waals surface area contributed by atoms with Gasteiger partial charge in [-0.25, -0.2) is 0 Å². The molecule has 0 bridgehead atoms. The van der Waals surface area contributed by atoms with Gasteiger partial charge in [0.2, 0.25) is 5.91 Å². The summed E-state index contributed by atoms with van der Waals surface area (Å²) in [5, 5.41) is 2.87. The molecule has 0 heterocycles. The van der Waals surface area contributed by atoms with Gasteiger partial charge in [0.15, 0.2) is 0 Å². The van der Waals surface area contributed by atoms with Crippen LogP contribution in [0.4, 0.5) is 0 Å². The van der Waals surface area contributed by atoms with Crippen molar-refractivity contribution >= 4 is 5.91 Å². The number of aryl methyl sites for hydroxylation is 1. The van der Waals surface area contributed by atoms with Crippen molar-refractivity contribution in [1.82, 2.24) is 5.32 Å². The summed E-state index contributed by atoms with van der Waals surface area (Å²) in [5.41, 5.74) is 7.01. The molecular weight excluding hydrogens is 212 g/mol. The predicted octanol–water partition coefficient (Wildman–Crippen LogP) is 1.86. The van der Waals surface area contributed by atoms with Crippen molar-refractivity contribution in [2.24, 2.45) is 5.73 Å². The lowest BCUT2D eigenvalue weighted by Crippen LogP contribution is -2.40. The van der Waals surface area contributed by atoms with E-state index in [1.807, 2.05) is 25.1 Å². The number of carbonyl (C=O) groups is 1. The Bertz CT molecular complexity index is 324. The van der Waals surface area contributed by atoms with E-state index in [4.69, 9.17) is 5.73 Å². The van der Waals surface area contributed by atoms with Gasteiger partial charge in [0.25, 0.3) is 0 Å². The van der Waals surface area contributed by atoms with E-state index in [1.165, 1.54) is 5.56 Å². The Morgan fingerprint density at radius 2 is 2.06 bits per heavy atom. The molecule has 1 aromatic rings. The maximum Gasteiger partial charge on any atom is 0.236 e. The fourth-order valence-corrected chi connectivity index (χ4v) is 1.72. The summed E-state index contributed by atoms with van der Waals surface area (Å²) in [4.78, 5) is 11.5. The number of nitrogens with one attached hydrogen (secondary N) is 1. The SMILES string of the molecule is CCCC(N)C(=O)NCCCc1ccccc1. The summed E-state index contributed by atoms with van der Waals surface area (Å²) in [7, 11) is 0. The van der Waals surface area contributed by atoms with Crippen LogP contribution >= 0.6 is 0 Å². The summed E-state index contributed by atoms with van der Waals surface area (Å²) in [6.45, 7) is 2.73. The standard InChI is InChI=1S/C14H22N2O/c1-2-7-13(15)14(17)16-11-6-10-12-8-4-3-5-9-12/h3-5,8-9,13H,2,6-7,10-11,15H2,1H3,(H,16,17). The van der Waals surface area contributed by atoms with Crippen LogP contribution in [0.25, 0.3) is 0 Å². The van der Waals surface area contributed by atoms with Gasteiger partial charge in [-0.05, 0) is 24.8 Å². The Kier molecular flexibility index (Phi) is 6.33. The van der Waals surface area contributed by atoms with Crippen LogP contribution < -0.4 is 11.1 Å². The van der Waals surface area contributed by atoms with Gasteiger partial charge in [0, 0.05) is 6.54 Å². The molecule has 1 aromatic carbocycles. The van der Waals surface area contributed by atoms with Crippen LogP contribution in [0.5, 0.6) is 0 Å².